The number of carbonyl (C=O) groups excluding carboxylic acids is 2. The van der Waals surface area contributed by atoms with Crippen molar-refractivity contribution in [1.82, 2.24) is 20.2 Å². The van der Waals surface area contributed by atoms with Crippen LogP contribution < -0.4 is 25.2 Å². The zero-order valence-corrected chi connectivity index (χ0v) is 22.9. The molecule has 0 radical (unpaired) electrons. The van der Waals surface area contributed by atoms with Gasteiger partial charge in [0.1, 0.15) is 17.5 Å². The van der Waals surface area contributed by atoms with Gasteiger partial charge in [0.2, 0.25) is 11.9 Å². The van der Waals surface area contributed by atoms with E-state index in [0.717, 1.165) is 56.7 Å². The van der Waals surface area contributed by atoms with Gasteiger partial charge in [0.25, 0.3) is 5.91 Å². The van der Waals surface area contributed by atoms with Crippen LogP contribution in [0.5, 0.6) is 5.75 Å². The van der Waals surface area contributed by atoms with Crippen molar-refractivity contribution < 1.29 is 17.2 Å². The molecule has 1 aliphatic carbocycles. The molecule has 1 aromatic carbocycles. The number of benzene rings is 1. The predicted octanol–water partition coefficient (Wildman–Crippen LogP) is 4.05. The molecule has 2 fully saturated rings. The quantitative estimate of drug-likeness (QED) is 0.558. The molecule has 0 bridgehead atoms. The van der Waals surface area contributed by atoms with Crippen molar-refractivity contribution in [2.75, 3.05) is 49.4 Å². The lowest BCUT2D eigenvalue weighted by molar-refractivity contribution is -0.120. The molecule has 0 unspecified atom stereocenters. The number of nitrogens with one attached hydrogen (secondary N) is 2. The number of carbonyl (C=O) groups is 2. The van der Waals surface area contributed by atoms with E-state index in [1.54, 1.807) is 37.4 Å². The highest BCUT2D eigenvalue weighted by molar-refractivity contribution is 6.04. The van der Waals surface area contributed by atoms with Gasteiger partial charge < -0.3 is 30.1 Å². The highest BCUT2D eigenvalue weighted by Crippen LogP contribution is 2.40. The fourth-order valence-electron chi connectivity index (χ4n) is 5.92. The molecule has 1 saturated carbocycles. The summed E-state index contributed by atoms with van der Waals surface area (Å²) >= 11 is 0. The van der Waals surface area contributed by atoms with Crippen LogP contribution in [0.15, 0.2) is 24.4 Å². The number of aromatic nitrogens is 2. The molecule has 38 heavy (non-hydrogen) atoms. The van der Waals surface area contributed by atoms with Crippen molar-refractivity contribution in [2.24, 2.45) is 0 Å². The maximum atomic E-state index is 13.1. The maximum absolute atomic E-state index is 13.1. The Morgan fingerprint density at radius 1 is 1.16 bits per heavy atom. The topological polar surface area (TPSA) is 103 Å². The van der Waals surface area contributed by atoms with Crippen molar-refractivity contribution in [3.63, 3.8) is 0 Å². The molecule has 0 spiro atoms. The Morgan fingerprint density at radius 2 is 1.89 bits per heavy atom. The van der Waals surface area contributed by atoms with Gasteiger partial charge in [-0.05, 0) is 70.4 Å². The van der Waals surface area contributed by atoms with Crippen LogP contribution in [0.25, 0.3) is 0 Å². The number of methoxy groups -OCH3 is 1. The number of fused-ring (bicyclic) bond motifs is 1. The van der Waals surface area contributed by atoms with Crippen LogP contribution in [0.4, 0.5) is 23.1 Å². The SMILES string of the molecule is CC[C@@H]1C(=O)N(C)c2cnc(Nc3ccc(C(=O)NC4CCN(C)CC4)cc3OC)nc2N1C1CCCC1.[HH].[HH]. The summed E-state index contributed by atoms with van der Waals surface area (Å²) in [5, 5.41) is 6.44. The summed E-state index contributed by atoms with van der Waals surface area (Å²) in [7, 11) is 5.48. The van der Waals surface area contributed by atoms with Gasteiger partial charge in [0.15, 0.2) is 5.82 Å². The molecule has 3 heterocycles. The fraction of sp³-hybridized carbons (Fsp3) is 0.571. The number of likely N-dealkylation sites (N-methyl/N-ethyl adjacent to an activating group) is 1. The van der Waals surface area contributed by atoms with E-state index in [9.17, 15) is 9.59 Å². The smallest absolute Gasteiger partial charge is 0.251 e. The van der Waals surface area contributed by atoms with Crippen LogP contribution >= 0.6 is 0 Å². The van der Waals surface area contributed by atoms with Crippen molar-refractivity contribution in [3.8, 4) is 5.75 Å². The predicted molar refractivity (Wildman–Crippen MR) is 153 cm³/mol. The average Bonchev–Trinajstić information content (AvgIpc) is 3.46. The third-order valence-electron chi connectivity index (χ3n) is 8.18. The first-order chi connectivity index (χ1) is 18.4. The Balaban J connectivity index is 0.00000220. The molecule has 1 atom stereocenters. The van der Waals surface area contributed by atoms with Crippen molar-refractivity contribution in [1.29, 1.82) is 0 Å². The average molecular weight is 526 g/mol. The largest absolute Gasteiger partial charge is 0.495 e. The third-order valence-corrected chi connectivity index (χ3v) is 8.18. The monoisotopic (exact) mass is 525 g/mol. The zero-order chi connectivity index (χ0) is 26.8. The molecular formula is C28H43N7O3. The first kappa shape index (κ1) is 26.2. The molecule has 5 rings (SSSR count). The lowest BCUT2D eigenvalue weighted by Crippen LogP contribution is -2.55. The normalized spacial score (nSPS) is 20.9. The van der Waals surface area contributed by atoms with Crippen LogP contribution in [0, 0.1) is 0 Å². The Labute approximate surface area is 227 Å². The van der Waals surface area contributed by atoms with Gasteiger partial charge >= 0.3 is 0 Å². The molecule has 2 aliphatic heterocycles. The van der Waals surface area contributed by atoms with Crippen LogP contribution in [-0.4, -0.2) is 79.1 Å². The number of nitrogens with zero attached hydrogens (tertiary/aromatic N) is 5. The molecule has 1 saturated heterocycles. The summed E-state index contributed by atoms with van der Waals surface area (Å²) in [4.78, 5) is 41.6. The van der Waals surface area contributed by atoms with Crippen molar-refractivity contribution in [2.45, 2.75) is 70.0 Å². The van der Waals surface area contributed by atoms with Crippen LogP contribution in [0.3, 0.4) is 0 Å². The summed E-state index contributed by atoms with van der Waals surface area (Å²) in [6.45, 7) is 4.02. The number of piperidine rings is 1. The summed E-state index contributed by atoms with van der Waals surface area (Å²) in [6.07, 6.45) is 8.80. The standard InChI is InChI=1S/C28H39N7O3.2H2/c1-5-22-27(37)34(3)23-17-29-28(32-25(23)35(22)20-8-6-7-9-20)31-21-11-10-18(16-24(21)38-4)26(36)30-19-12-14-33(2)15-13-19;;/h10-11,16-17,19-20,22H,5-9,12-15H2,1-4H3,(H,30,36)(H,29,31,32);2*1H/t22-;;/m1../s1. The van der Waals surface area contributed by atoms with E-state index in [-0.39, 0.29) is 26.8 Å². The third kappa shape index (κ3) is 5.14. The zero-order valence-electron chi connectivity index (χ0n) is 22.9. The van der Waals surface area contributed by atoms with Gasteiger partial charge in [-0.3, -0.25) is 9.59 Å². The minimum atomic E-state index is -0.227. The molecule has 2 N–H and O–H groups in total. The lowest BCUT2D eigenvalue weighted by Gasteiger charge is -2.43. The highest BCUT2D eigenvalue weighted by atomic mass is 16.5. The minimum Gasteiger partial charge on any atom is -0.495 e. The number of hydrogen-bond acceptors (Lipinski definition) is 8. The summed E-state index contributed by atoms with van der Waals surface area (Å²) in [5.41, 5.74) is 1.95. The molecule has 1 aromatic heterocycles. The second-order valence-electron chi connectivity index (χ2n) is 10.7. The summed E-state index contributed by atoms with van der Waals surface area (Å²) < 4.78 is 5.63. The van der Waals surface area contributed by atoms with E-state index in [2.05, 4.69) is 39.4 Å². The minimum absolute atomic E-state index is 0. The summed E-state index contributed by atoms with van der Waals surface area (Å²) in [6, 6.07) is 5.62. The van der Waals surface area contributed by atoms with E-state index < -0.39 is 0 Å². The molecule has 2 aromatic rings. The van der Waals surface area contributed by atoms with Crippen molar-refractivity contribution in [3.05, 3.63) is 30.0 Å². The van der Waals surface area contributed by atoms with E-state index in [1.807, 2.05) is 6.07 Å². The Hall–Kier alpha value is -3.40. The van der Waals surface area contributed by atoms with Gasteiger partial charge in [-0.15, -0.1) is 0 Å². The number of amides is 2. The summed E-state index contributed by atoms with van der Waals surface area (Å²) in [5.74, 6) is 1.74. The van der Waals surface area contributed by atoms with Gasteiger partial charge in [0.05, 0.1) is 19.0 Å². The fourth-order valence-corrected chi connectivity index (χ4v) is 5.92. The molecule has 2 amide bonds. The number of anilines is 4. The van der Waals surface area contributed by atoms with E-state index in [0.29, 0.717) is 29.0 Å². The lowest BCUT2D eigenvalue weighted by atomic mass is 10.0. The number of ether oxygens (including phenoxy) is 1. The van der Waals surface area contributed by atoms with Gasteiger partial charge in [-0.1, -0.05) is 19.8 Å². The van der Waals surface area contributed by atoms with Crippen molar-refractivity contribution >= 4 is 35.0 Å². The molecule has 3 aliphatic rings. The molecule has 10 nitrogen and oxygen atoms in total. The Morgan fingerprint density at radius 3 is 2.58 bits per heavy atom. The van der Waals surface area contributed by atoms with Crippen LogP contribution in [0.2, 0.25) is 0 Å². The van der Waals surface area contributed by atoms with Gasteiger partial charge in [-0.25, -0.2) is 4.98 Å². The second-order valence-corrected chi connectivity index (χ2v) is 10.7. The van der Waals surface area contributed by atoms with Crippen LogP contribution in [0.1, 0.15) is 65.1 Å². The highest BCUT2D eigenvalue weighted by Gasteiger charge is 2.41. The number of likely N-dealkylation sites (tertiary alicyclic amines) is 1. The van der Waals surface area contributed by atoms with E-state index >= 15 is 0 Å². The van der Waals surface area contributed by atoms with E-state index in [4.69, 9.17) is 9.72 Å². The second kappa shape index (κ2) is 11.1. The molecule has 208 valence electrons. The maximum Gasteiger partial charge on any atom is 0.251 e. The Kier molecular flexibility index (Phi) is 7.69. The van der Waals surface area contributed by atoms with Gasteiger partial charge in [0, 0.05) is 27.5 Å². The first-order valence-corrected chi connectivity index (χ1v) is 13.8. The van der Waals surface area contributed by atoms with E-state index in [1.165, 1.54) is 12.8 Å². The first-order valence-electron chi connectivity index (χ1n) is 13.8. The molecular weight excluding hydrogens is 482 g/mol. The number of rotatable bonds is 7. The van der Waals surface area contributed by atoms with Crippen LogP contribution in [-0.2, 0) is 4.79 Å². The number of hydrogen-bond donors (Lipinski definition) is 2. The molecule has 10 heteroatoms. The van der Waals surface area contributed by atoms with Gasteiger partial charge in [-0.2, -0.15) is 4.98 Å². The Bertz CT molecular complexity index is 1190.